The average molecular weight is 237 g/mol. The molecule has 17 heavy (non-hydrogen) atoms. The summed E-state index contributed by atoms with van der Waals surface area (Å²) in [7, 11) is 0. The van der Waals surface area contributed by atoms with Crippen molar-refractivity contribution in [1.82, 2.24) is 4.98 Å². The topological polar surface area (TPSA) is 70.4 Å². The summed E-state index contributed by atoms with van der Waals surface area (Å²) in [6.07, 6.45) is 6.30. The maximum atomic E-state index is 12.9. The van der Waals surface area contributed by atoms with Gasteiger partial charge in [0.15, 0.2) is 0 Å². The van der Waals surface area contributed by atoms with E-state index in [1.807, 2.05) is 0 Å². The van der Waals surface area contributed by atoms with Crippen LogP contribution >= 0.6 is 0 Å². The van der Waals surface area contributed by atoms with E-state index in [0.717, 1.165) is 12.3 Å². The van der Waals surface area contributed by atoms with Crippen LogP contribution in [0.15, 0.2) is 18.5 Å². The first-order valence-corrected chi connectivity index (χ1v) is 5.01. The van der Waals surface area contributed by atoms with Gasteiger partial charge in [-0.2, -0.15) is 0 Å². The molecule has 4 nitrogen and oxygen atoms in total. The predicted molar refractivity (Wildman–Crippen MR) is 58.3 cm³/mol. The molecule has 0 radical (unpaired) electrons. The van der Waals surface area contributed by atoms with Crippen LogP contribution in [0.2, 0.25) is 0 Å². The quantitative estimate of drug-likeness (QED) is 0.759. The zero-order chi connectivity index (χ0) is 12.8. The van der Waals surface area contributed by atoms with Gasteiger partial charge in [0, 0.05) is 18.2 Å². The van der Waals surface area contributed by atoms with E-state index in [1.54, 1.807) is 0 Å². The van der Waals surface area contributed by atoms with Gasteiger partial charge in [0.05, 0.1) is 18.2 Å². The molecule has 0 spiro atoms. The Labute approximate surface area is 98.1 Å². The molecule has 1 aromatic rings. The van der Waals surface area contributed by atoms with Gasteiger partial charge < -0.3 is 10.2 Å². The van der Waals surface area contributed by atoms with Gasteiger partial charge in [-0.15, -0.1) is 12.3 Å². The Morgan fingerprint density at radius 3 is 2.82 bits per heavy atom. The number of aliphatic carboxylic acids is 1. The number of carboxylic acids is 1. The van der Waals surface area contributed by atoms with Crippen molar-refractivity contribution < 1.29 is 19.4 Å². The Hall–Kier alpha value is -1.93. The predicted octanol–water partition coefficient (Wildman–Crippen LogP) is 1.37. The minimum absolute atomic E-state index is 0.128. The van der Waals surface area contributed by atoms with E-state index < -0.39 is 23.8 Å². The Morgan fingerprint density at radius 1 is 1.59 bits per heavy atom. The standard InChI is InChI=1S/C12H12FNO3/c1-2-3-4-10(12(16)17)11(15)8-5-9(13)7-14-6-8/h1,5-7,10-11,15H,3-4H2,(H,16,17)/t10-,11-/m1/s1. The number of rotatable bonds is 5. The fourth-order valence-corrected chi connectivity index (χ4v) is 1.48. The fraction of sp³-hybridized carbons (Fsp3) is 0.333. The van der Waals surface area contributed by atoms with Crippen LogP contribution in [0.25, 0.3) is 0 Å². The number of aliphatic hydroxyl groups excluding tert-OH is 1. The van der Waals surface area contributed by atoms with Crippen molar-refractivity contribution in [2.24, 2.45) is 5.92 Å². The van der Waals surface area contributed by atoms with Gasteiger partial charge in [0.1, 0.15) is 5.82 Å². The second kappa shape index (κ2) is 5.97. The van der Waals surface area contributed by atoms with Gasteiger partial charge in [0.25, 0.3) is 0 Å². The van der Waals surface area contributed by atoms with Crippen LogP contribution in [0.1, 0.15) is 24.5 Å². The molecule has 1 rings (SSSR count). The van der Waals surface area contributed by atoms with E-state index in [9.17, 15) is 14.3 Å². The smallest absolute Gasteiger partial charge is 0.309 e. The largest absolute Gasteiger partial charge is 0.481 e. The van der Waals surface area contributed by atoms with E-state index >= 15 is 0 Å². The highest BCUT2D eigenvalue weighted by Crippen LogP contribution is 2.25. The molecule has 5 heteroatoms. The summed E-state index contributed by atoms with van der Waals surface area (Å²) in [4.78, 5) is 14.5. The van der Waals surface area contributed by atoms with Gasteiger partial charge in [-0.3, -0.25) is 9.78 Å². The number of pyridine rings is 1. The minimum atomic E-state index is -1.32. The van der Waals surface area contributed by atoms with E-state index in [-0.39, 0.29) is 18.4 Å². The summed E-state index contributed by atoms with van der Waals surface area (Å²) in [5.74, 6) is -0.546. The molecule has 0 bridgehead atoms. The first-order valence-electron chi connectivity index (χ1n) is 5.01. The third kappa shape index (κ3) is 3.54. The second-order valence-corrected chi connectivity index (χ2v) is 3.57. The molecule has 0 unspecified atom stereocenters. The molecular weight excluding hydrogens is 225 g/mol. The Bertz CT molecular complexity index is 442. The summed E-state index contributed by atoms with van der Waals surface area (Å²) < 4.78 is 12.9. The first-order chi connectivity index (χ1) is 8.06. The van der Waals surface area contributed by atoms with Crippen LogP contribution in [0.4, 0.5) is 4.39 Å². The molecule has 90 valence electrons. The van der Waals surface area contributed by atoms with Gasteiger partial charge in [-0.05, 0) is 12.5 Å². The molecule has 1 aromatic heterocycles. The summed E-state index contributed by atoms with van der Waals surface area (Å²) in [5, 5.41) is 18.8. The number of halogens is 1. The Balaban J connectivity index is 2.88. The van der Waals surface area contributed by atoms with Crippen LogP contribution in [0.5, 0.6) is 0 Å². The molecule has 0 aliphatic rings. The lowest BCUT2D eigenvalue weighted by Crippen LogP contribution is -2.22. The normalized spacial score (nSPS) is 13.7. The number of hydrogen-bond donors (Lipinski definition) is 2. The molecule has 2 atom stereocenters. The first kappa shape index (κ1) is 13.1. The minimum Gasteiger partial charge on any atom is -0.481 e. The maximum absolute atomic E-state index is 12.9. The van der Waals surface area contributed by atoms with Crippen LogP contribution in [0.3, 0.4) is 0 Å². The molecule has 2 N–H and O–H groups in total. The van der Waals surface area contributed by atoms with Crippen molar-refractivity contribution in [3.05, 3.63) is 29.8 Å². The highest BCUT2D eigenvalue weighted by Gasteiger charge is 2.27. The van der Waals surface area contributed by atoms with Gasteiger partial charge >= 0.3 is 5.97 Å². The van der Waals surface area contributed by atoms with Crippen LogP contribution < -0.4 is 0 Å². The van der Waals surface area contributed by atoms with Crippen molar-refractivity contribution in [1.29, 1.82) is 0 Å². The Morgan fingerprint density at radius 2 is 2.29 bits per heavy atom. The van der Waals surface area contributed by atoms with Crippen molar-refractivity contribution in [2.75, 3.05) is 0 Å². The molecule has 0 aliphatic carbocycles. The molecule has 0 saturated heterocycles. The van der Waals surface area contributed by atoms with E-state index in [1.165, 1.54) is 6.20 Å². The van der Waals surface area contributed by atoms with E-state index in [2.05, 4.69) is 10.9 Å². The summed E-state index contributed by atoms with van der Waals surface area (Å²) in [6.45, 7) is 0. The van der Waals surface area contributed by atoms with E-state index in [4.69, 9.17) is 11.5 Å². The highest BCUT2D eigenvalue weighted by atomic mass is 19.1. The molecule has 0 saturated carbocycles. The third-order valence-electron chi connectivity index (χ3n) is 2.37. The zero-order valence-corrected chi connectivity index (χ0v) is 9.01. The van der Waals surface area contributed by atoms with Crippen molar-refractivity contribution in [2.45, 2.75) is 18.9 Å². The number of carbonyl (C=O) groups is 1. The lowest BCUT2D eigenvalue weighted by Gasteiger charge is -2.18. The molecule has 0 aliphatic heterocycles. The summed E-state index contributed by atoms with van der Waals surface area (Å²) in [5.41, 5.74) is 0.134. The lowest BCUT2D eigenvalue weighted by molar-refractivity contribution is -0.146. The van der Waals surface area contributed by atoms with Crippen molar-refractivity contribution in [3.8, 4) is 12.3 Å². The van der Waals surface area contributed by atoms with Gasteiger partial charge in [-0.25, -0.2) is 4.39 Å². The number of aromatic nitrogens is 1. The number of hydrogen-bond acceptors (Lipinski definition) is 3. The van der Waals surface area contributed by atoms with Crippen LogP contribution in [0, 0.1) is 24.1 Å². The SMILES string of the molecule is C#CCC[C@@H](C(=O)O)[C@H](O)c1cncc(F)c1. The molecular formula is C12H12FNO3. The van der Waals surface area contributed by atoms with Crippen molar-refractivity contribution >= 4 is 5.97 Å². The third-order valence-corrected chi connectivity index (χ3v) is 2.37. The van der Waals surface area contributed by atoms with Crippen LogP contribution in [-0.2, 0) is 4.79 Å². The number of aliphatic hydroxyl groups is 1. The van der Waals surface area contributed by atoms with Crippen molar-refractivity contribution in [3.63, 3.8) is 0 Å². The maximum Gasteiger partial charge on any atom is 0.309 e. The van der Waals surface area contributed by atoms with Gasteiger partial charge in [0.2, 0.25) is 0 Å². The lowest BCUT2D eigenvalue weighted by atomic mass is 9.92. The Kier molecular flexibility index (Phi) is 4.61. The average Bonchev–Trinajstić information content (AvgIpc) is 2.29. The second-order valence-electron chi connectivity index (χ2n) is 3.57. The number of carboxylic acid groups (broad SMARTS) is 1. The van der Waals surface area contributed by atoms with E-state index in [0.29, 0.717) is 0 Å². The number of nitrogens with zero attached hydrogens (tertiary/aromatic N) is 1. The van der Waals surface area contributed by atoms with Gasteiger partial charge in [-0.1, -0.05) is 0 Å². The molecule has 0 aromatic carbocycles. The monoisotopic (exact) mass is 237 g/mol. The number of terminal acetylenes is 1. The summed E-state index contributed by atoms with van der Waals surface area (Å²) in [6, 6.07) is 1.06. The van der Waals surface area contributed by atoms with Crippen LogP contribution in [-0.4, -0.2) is 21.2 Å². The molecule has 0 amide bonds. The zero-order valence-electron chi connectivity index (χ0n) is 9.01. The fourth-order valence-electron chi connectivity index (χ4n) is 1.48. The molecule has 1 heterocycles. The summed E-state index contributed by atoms with van der Waals surface area (Å²) >= 11 is 0. The molecule has 0 fully saturated rings. The highest BCUT2D eigenvalue weighted by molar-refractivity contribution is 5.71.